The highest BCUT2D eigenvalue weighted by Crippen LogP contribution is 2.40. The van der Waals surface area contributed by atoms with Gasteiger partial charge in [0.25, 0.3) is 0 Å². The molecular weight excluding hydrogens is 369 g/mol. The summed E-state index contributed by atoms with van der Waals surface area (Å²) >= 11 is 0. The van der Waals surface area contributed by atoms with Crippen molar-refractivity contribution in [2.24, 2.45) is 5.92 Å². The molecule has 0 spiro atoms. The lowest BCUT2D eigenvalue weighted by atomic mass is 9.98. The summed E-state index contributed by atoms with van der Waals surface area (Å²) in [4.78, 5) is 19.6. The summed E-state index contributed by atoms with van der Waals surface area (Å²) in [6.07, 6.45) is -0.754. The van der Waals surface area contributed by atoms with Crippen LogP contribution in [0.1, 0.15) is 36.6 Å². The summed E-state index contributed by atoms with van der Waals surface area (Å²) in [5.41, 5.74) is 0.661. The van der Waals surface area contributed by atoms with Crippen LogP contribution in [0.5, 0.6) is 0 Å². The van der Waals surface area contributed by atoms with Crippen molar-refractivity contribution in [3.63, 3.8) is 0 Å². The third kappa shape index (κ3) is 4.32. The quantitative estimate of drug-likeness (QED) is 0.793. The maximum absolute atomic E-state index is 13.8. The number of hydrogen-bond donors (Lipinski definition) is 0. The number of likely N-dealkylation sites (tertiary alicyclic amines) is 1. The maximum Gasteiger partial charge on any atom is 0.433 e. The maximum atomic E-state index is 13.8. The van der Waals surface area contributed by atoms with Crippen LogP contribution in [0.4, 0.5) is 13.2 Å². The van der Waals surface area contributed by atoms with Gasteiger partial charge >= 0.3 is 6.18 Å². The van der Waals surface area contributed by atoms with Gasteiger partial charge in [0.15, 0.2) is 5.69 Å². The minimum Gasteiger partial charge on any atom is -0.347 e. The lowest BCUT2D eigenvalue weighted by Gasteiger charge is -2.31. The molecule has 0 aliphatic carbocycles. The first-order valence-corrected chi connectivity index (χ1v) is 9.55. The average Bonchev–Trinajstić information content (AvgIpc) is 2.93. The van der Waals surface area contributed by atoms with E-state index < -0.39 is 11.9 Å². The Balaban J connectivity index is 2.06. The van der Waals surface area contributed by atoms with Crippen molar-refractivity contribution < 1.29 is 18.0 Å². The van der Waals surface area contributed by atoms with Gasteiger partial charge < -0.3 is 9.47 Å². The van der Waals surface area contributed by atoms with Gasteiger partial charge in [-0.25, -0.2) is 4.98 Å². The largest absolute Gasteiger partial charge is 0.433 e. The average molecular weight is 396 g/mol. The second kappa shape index (κ2) is 7.73. The summed E-state index contributed by atoms with van der Waals surface area (Å²) in [7, 11) is 3.25. The summed E-state index contributed by atoms with van der Waals surface area (Å²) in [5, 5.41) is 0. The van der Waals surface area contributed by atoms with E-state index in [4.69, 9.17) is 0 Å². The van der Waals surface area contributed by atoms with Crippen LogP contribution in [-0.4, -0.2) is 52.4 Å². The number of halogens is 3. The van der Waals surface area contributed by atoms with Crippen molar-refractivity contribution >= 4 is 5.91 Å². The Morgan fingerprint density at radius 2 is 2.07 bits per heavy atom. The molecule has 1 fully saturated rings. The molecule has 1 saturated heterocycles. The van der Waals surface area contributed by atoms with Crippen molar-refractivity contribution in [1.82, 2.24) is 19.4 Å². The lowest BCUT2D eigenvalue weighted by Crippen LogP contribution is -2.34. The van der Waals surface area contributed by atoms with Crippen LogP contribution in [0.15, 0.2) is 12.3 Å². The third-order valence-electron chi connectivity index (χ3n) is 5.27. The number of fused-ring (bicyclic) bond motifs is 1. The Hall–Kier alpha value is -2.09. The molecule has 0 bridgehead atoms. The highest BCUT2D eigenvalue weighted by atomic mass is 19.4. The molecule has 1 unspecified atom stereocenters. The number of piperidine rings is 1. The van der Waals surface area contributed by atoms with E-state index in [0.29, 0.717) is 11.5 Å². The van der Waals surface area contributed by atoms with Gasteiger partial charge in [-0.1, -0.05) is 6.92 Å². The number of rotatable bonds is 4. The van der Waals surface area contributed by atoms with E-state index in [2.05, 4.69) is 16.8 Å². The highest BCUT2D eigenvalue weighted by Gasteiger charge is 2.40. The number of hydrogen-bond acceptors (Lipinski definition) is 3. The molecule has 5 nitrogen and oxygen atoms in total. The van der Waals surface area contributed by atoms with Crippen LogP contribution >= 0.6 is 0 Å². The first-order valence-electron chi connectivity index (χ1n) is 9.55. The van der Waals surface area contributed by atoms with E-state index >= 15 is 0 Å². The zero-order chi connectivity index (χ0) is 20.6. The van der Waals surface area contributed by atoms with Crippen molar-refractivity contribution in [2.45, 2.75) is 46.0 Å². The highest BCUT2D eigenvalue weighted by molar-refractivity contribution is 5.77. The molecule has 0 N–H and O–H groups in total. The molecule has 0 aromatic heterocycles. The molecule has 154 valence electrons. The number of carbonyl (C=O) groups is 1. The Morgan fingerprint density at radius 1 is 1.36 bits per heavy atom. The topological polar surface area (TPSA) is 41.4 Å². The van der Waals surface area contributed by atoms with Gasteiger partial charge in [-0.15, -0.1) is 0 Å². The normalized spacial score (nSPS) is 18.6. The van der Waals surface area contributed by atoms with Crippen LogP contribution in [0, 0.1) is 12.8 Å². The van der Waals surface area contributed by atoms with Gasteiger partial charge in [0.2, 0.25) is 5.91 Å². The Morgan fingerprint density at radius 3 is 2.68 bits per heavy atom. The smallest absolute Gasteiger partial charge is 0.347 e. The zero-order valence-electron chi connectivity index (χ0n) is 16.8. The summed E-state index contributed by atoms with van der Waals surface area (Å²) in [6, 6.07) is 1.75. The first kappa shape index (κ1) is 20.6. The molecule has 0 radical (unpaired) electrons. The second-order valence-corrected chi connectivity index (χ2v) is 8.09. The number of aromatic nitrogens is 2. The van der Waals surface area contributed by atoms with Crippen LogP contribution in [0.3, 0.4) is 0 Å². The Bertz CT molecular complexity index is 828. The number of pyridine rings is 1. The molecule has 1 atom stereocenters. The molecule has 0 aromatic rings. The van der Waals surface area contributed by atoms with Gasteiger partial charge in [-0.2, -0.15) is 13.2 Å². The van der Waals surface area contributed by atoms with Gasteiger partial charge in [0, 0.05) is 44.5 Å². The fourth-order valence-electron chi connectivity index (χ4n) is 3.89. The van der Waals surface area contributed by atoms with Gasteiger partial charge in [0.05, 0.1) is 0 Å². The first-order chi connectivity index (χ1) is 13.1. The van der Waals surface area contributed by atoms with Crippen LogP contribution in [0.2, 0.25) is 0 Å². The number of nitrogens with zero attached hydrogens (tertiary/aromatic N) is 4. The van der Waals surface area contributed by atoms with E-state index in [9.17, 15) is 18.0 Å². The van der Waals surface area contributed by atoms with Crippen LogP contribution in [-0.2, 0) is 24.1 Å². The summed E-state index contributed by atoms with van der Waals surface area (Å²) < 4.78 is 42.9. The number of aryl methyl sites for hydroxylation is 1. The molecule has 3 rings (SSSR count). The number of amides is 1. The van der Waals surface area contributed by atoms with Crippen molar-refractivity contribution in [2.75, 3.05) is 27.2 Å². The third-order valence-corrected chi connectivity index (χ3v) is 5.27. The molecule has 0 aromatic carbocycles. The van der Waals surface area contributed by atoms with E-state index in [-0.39, 0.29) is 30.4 Å². The molecule has 0 saturated carbocycles. The van der Waals surface area contributed by atoms with E-state index in [0.717, 1.165) is 31.5 Å². The Kier molecular flexibility index (Phi) is 5.70. The number of alkyl halides is 3. The monoisotopic (exact) mass is 396 g/mol. The molecule has 3 aliphatic heterocycles. The minimum absolute atomic E-state index is 0.0420. The van der Waals surface area contributed by atoms with Crippen molar-refractivity contribution in [3.05, 3.63) is 29.1 Å². The second-order valence-electron chi connectivity index (χ2n) is 8.09. The number of likely N-dealkylation sites (N-methyl/N-ethyl adjacent to an activating group) is 1. The molecule has 1 amide bonds. The van der Waals surface area contributed by atoms with E-state index in [1.54, 1.807) is 26.4 Å². The predicted octanol–water partition coefficient (Wildman–Crippen LogP) is 3.64. The molecule has 3 aliphatic rings. The SMILES string of the molecule is Cc1cc2c(CN3CCCC(C)C3)c(C(F)(F)F)nc-2n(CC(=O)N(C)C)c1. The lowest BCUT2D eigenvalue weighted by molar-refractivity contribution is -0.141. The predicted molar refractivity (Wildman–Crippen MR) is 101 cm³/mol. The molecule has 3 heterocycles. The fourth-order valence-corrected chi connectivity index (χ4v) is 3.89. The molecule has 8 heteroatoms. The molecular formula is C20H27F3N4O. The fraction of sp³-hybridized carbons (Fsp3) is 0.600. The minimum atomic E-state index is -4.53. The number of carbonyl (C=O) groups excluding carboxylic acids is 1. The summed E-state index contributed by atoms with van der Waals surface area (Å²) in [6.45, 7) is 5.71. The summed E-state index contributed by atoms with van der Waals surface area (Å²) in [5.74, 6) is 0.495. The van der Waals surface area contributed by atoms with Crippen LogP contribution in [0.25, 0.3) is 11.4 Å². The van der Waals surface area contributed by atoms with Gasteiger partial charge in [0.1, 0.15) is 12.4 Å². The van der Waals surface area contributed by atoms with E-state index in [1.165, 1.54) is 9.47 Å². The standard InChI is InChI=1S/C20H27F3N4O/c1-13-6-5-7-26(9-13)11-16-15-8-14(2)10-27(12-17(28)25(3)4)19(15)24-18(16)20(21,22)23/h8,10,13H,5-7,9,11-12H2,1-4H3. The van der Waals surface area contributed by atoms with Crippen molar-refractivity contribution in [1.29, 1.82) is 0 Å². The van der Waals surface area contributed by atoms with Gasteiger partial charge in [-0.3, -0.25) is 9.69 Å². The van der Waals surface area contributed by atoms with Gasteiger partial charge in [-0.05, 0) is 43.9 Å². The van der Waals surface area contributed by atoms with E-state index in [1.807, 2.05) is 6.92 Å². The molecule has 28 heavy (non-hydrogen) atoms. The Labute approximate surface area is 163 Å². The van der Waals surface area contributed by atoms with Crippen LogP contribution < -0.4 is 0 Å². The van der Waals surface area contributed by atoms with Crippen molar-refractivity contribution in [3.8, 4) is 11.4 Å². The zero-order valence-corrected chi connectivity index (χ0v) is 16.8.